The summed E-state index contributed by atoms with van der Waals surface area (Å²) >= 11 is 0. The molecule has 5 heteroatoms. The summed E-state index contributed by atoms with van der Waals surface area (Å²) in [6.45, 7) is 7.56. The number of carbonyl (C=O) groups is 2. The third-order valence-electron chi connectivity index (χ3n) is 5.69. The minimum atomic E-state index is -0.342. The first-order chi connectivity index (χ1) is 13.8. The van der Waals surface area contributed by atoms with Crippen LogP contribution < -0.4 is 10.1 Å². The van der Waals surface area contributed by atoms with Gasteiger partial charge in [-0.15, -0.1) is 0 Å². The maximum Gasteiger partial charge on any atom is 0.251 e. The first-order valence-electron chi connectivity index (χ1n) is 10.3. The lowest BCUT2D eigenvalue weighted by atomic mass is 9.89. The molecule has 1 N–H and O–H groups in total. The Morgan fingerprint density at radius 1 is 1.21 bits per heavy atom. The number of ether oxygens (including phenoxy) is 1. The molecule has 1 atom stereocenters. The van der Waals surface area contributed by atoms with E-state index in [4.69, 9.17) is 4.74 Å². The van der Waals surface area contributed by atoms with Gasteiger partial charge < -0.3 is 15.0 Å². The highest BCUT2D eigenvalue weighted by molar-refractivity contribution is 5.94. The van der Waals surface area contributed by atoms with E-state index >= 15 is 0 Å². The molecule has 5 nitrogen and oxygen atoms in total. The molecule has 29 heavy (non-hydrogen) atoms. The lowest BCUT2D eigenvalue weighted by Gasteiger charge is -2.38. The van der Waals surface area contributed by atoms with Crippen molar-refractivity contribution in [1.29, 1.82) is 0 Å². The highest BCUT2D eigenvalue weighted by Crippen LogP contribution is 2.40. The zero-order valence-corrected chi connectivity index (χ0v) is 17.3. The number of fused-ring (bicyclic) bond motifs is 1. The van der Waals surface area contributed by atoms with Gasteiger partial charge in [0.2, 0.25) is 5.91 Å². The zero-order valence-electron chi connectivity index (χ0n) is 17.3. The quantitative estimate of drug-likeness (QED) is 0.850. The number of likely N-dealkylation sites (tertiary alicyclic amines) is 1. The monoisotopic (exact) mass is 392 g/mol. The molecule has 0 aliphatic carbocycles. The van der Waals surface area contributed by atoms with Crippen LogP contribution in [0.4, 0.5) is 0 Å². The van der Waals surface area contributed by atoms with E-state index in [1.54, 1.807) is 0 Å². The van der Waals surface area contributed by atoms with Gasteiger partial charge in [-0.1, -0.05) is 24.3 Å². The molecule has 0 saturated carbocycles. The summed E-state index contributed by atoms with van der Waals surface area (Å²) in [5.41, 5.74) is 3.49. The lowest BCUT2D eigenvalue weighted by Crippen LogP contribution is -2.41. The molecular weight excluding hydrogens is 364 g/mol. The number of carbonyl (C=O) groups excluding carboxylic acids is 2. The molecule has 0 unspecified atom stereocenters. The Labute approximate surface area is 172 Å². The van der Waals surface area contributed by atoms with Gasteiger partial charge in [-0.2, -0.15) is 0 Å². The number of benzene rings is 2. The lowest BCUT2D eigenvalue weighted by molar-refractivity contribution is -0.128. The largest absolute Gasteiger partial charge is 0.487 e. The molecule has 1 saturated heterocycles. The van der Waals surface area contributed by atoms with Gasteiger partial charge in [0.25, 0.3) is 5.91 Å². The van der Waals surface area contributed by atoms with Crippen molar-refractivity contribution in [2.75, 3.05) is 6.54 Å². The summed E-state index contributed by atoms with van der Waals surface area (Å²) in [4.78, 5) is 26.6. The normalized spacial score (nSPS) is 20.2. The fourth-order valence-electron chi connectivity index (χ4n) is 4.18. The number of nitrogens with zero attached hydrogens (tertiary/aromatic N) is 1. The molecule has 2 amide bonds. The van der Waals surface area contributed by atoms with Crippen LogP contribution in [0.5, 0.6) is 5.75 Å². The third-order valence-corrected chi connectivity index (χ3v) is 5.69. The van der Waals surface area contributed by atoms with Crippen LogP contribution in [0.3, 0.4) is 0 Å². The number of nitrogens with one attached hydrogen (secondary N) is 1. The summed E-state index contributed by atoms with van der Waals surface area (Å²) < 4.78 is 6.12. The molecule has 0 aromatic heterocycles. The maximum atomic E-state index is 12.9. The standard InChI is InChI=1S/C24H28N2O3/c1-16-6-11-19-20(14-24(2,3)29-21(19)13-16)25-23(28)18-9-7-17(8-10-18)15-26-12-4-5-22(26)27/h6-11,13,20H,4-5,12,14-15H2,1-3H3,(H,25,28)/t20-/m0/s1. The zero-order chi connectivity index (χ0) is 20.6. The highest BCUT2D eigenvalue weighted by Gasteiger charge is 2.34. The third kappa shape index (κ3) is 4.29. The number of hydrogen-bond donors (Lipinski definition) is 1. The van der Waals surface area contributed by atoms with Crippen molar-refractivity contribution in [1.82, 2.24) is 10.2 Å². The number of hydrogen-bond acceptors (Lipinski definition) is 3. The van der Waals surface area contributed by atoms with Gasteiger partial charge in [-0.05, 0) is 56.5 Å². The minimum absolute atomic E-state index is 0.0938. The molecular formula is C24H28N2O3. The van der Waals surface area contributed by atoms with Crippen LogP contribution in [0.25, 0.3) is 0 Å². The first-order valence-corrected chi connectivity index (χ1v) is 10.3. The Hall–Kier alpha value is -2.82. The second-order valence-corrected chi connectivity index (χ2v) is 8.75. The smallest absolute Gasteiger partial charge is 0.251 e. The van der Waals surface area contributed by atoms with E-state index in [0.717, 1.165) is 35.4 Å². The molecule has 4 rings (SSSR count). The van der Waals surface area contributed by atoms with Gasteiger partial charge in [0.1, 0.15) is 11.4 Å². The van der Waals surface area contributed by atoms with E-state index in [2.05, 4.69) is 5.32 Å². The average molecular weight is 392 g/mol. The van der Waals surface area contributed by atoms with E-state index in [1.807, 2.05) is 68.1 Å². The molecule has 0 bridgehead atoms. The molecule has 0 radical (unpaired) electrons. The Morgan fingerprint density at radius 2 is 1.97 bits per heavy atom. The number of aryl methyl sites for hydroxylation is 1. The molecule has 2 aliphatic heterocycles. The summed E-state index contributed by atoms with van der Waals surface area (Å²) in [6.07, 6.45) is 2.29. The average Bonchev–Trinajstić information content (AvgIpc) is 3.05. The van der Waals surface area contributed by atoms with Gasteiger partial charge in [0.15, 0.2) is 0 Å². The van der Waals surface area contributed by atoms with E-state index in [1.165, 1.54) is 0 Å². The highest BCUT2D eigenvalue weighted by atomic mass is 16.5. The molecule has 2 aliphatic rings. The predicted molar refractivity (Wildman–Crippen MR) is 112 cm³/mol. The Bertz CT molecular complexity index is 934. The predicted octanol–water partition coefficient (Wildman–Crippen LogP) is 4.15. The molecule has 2 aromatic rings. The SMILES string of the molecule is Cc1ccc2c(c1)OC(C)(C)C[C@@H]2NC(=O)c1ccc(CN2CCCC2=O)cc1. The second-order valence-electron chi connectivity index (χ2n) is 8.75. The van der Waals surface area contributed by atoms with Crippen LogP contribution in [0.15, 0.2) is 42.5 Å². The van der Waals surface area contributed by atoms with Crippen molar-refractivity contribution in [3.8, 4) is 5.75 Å². The van der Waals surface area contributed by atoms with Crippen LogP contribution in [-0.4, -0.2) is 28.9 Å². The second kappa shape index (κ2) is 7.54. The fraction of sp³-hybridized carbons (Fsp3) is 0.417. The van der Waals surface area contributed by atoms with Crippen molar-refractivity contribution >= 4 is 11.8 Å². The van der Waals surface area contributed by atoms with Crippen LogP contribution in [0, 0.1) is 6.92 Å². The molecule has 2 aromatic carbocycles. The Balaban J connectivity index is 1.47. The van der Waals surface area contributed by atoms with Crippen LogP contribution in [-0.2, 0) is 11.3 Å². The van der Waals surface area contributed by atoms with Crippen LogP contribution >= 0.6 is 0 Å². The number of rotatable bonds is 4. The van der Waals surface area contributed by atoms with E-state index in [9.17, 15) is 9.59 Å². The Kier molecular flexibility index (Phi) is 5.07. The van der Waals surface area contributed by atoms with Gasteiger partial charge in [0.05, 0.1) is 6.04 Å². The van der Waals surface area contributed by atoms with Gasteiger partial charge >= 0.3 is 0 Å². The minimum Gasteiger partial charge on any atom is -0.487 e. The molecule has 0 spiro atoms. The van der Waals surface area contributed by atoms with Crippen molar-refractivity contribution in [3.05, 3.63) is 64.7 Å². The molecule has 1 fully saturated rings. The summed E-state index contributed by atoms with van der Waals surface area (Å²) in [7, 11) is 0. The summed E-state index contributed by atoms with van der Waals surface area (Å²) in [6, 6.07) is 13.6. The maximum absolute atomic E-state index is 12.9. The van der Waals surface area contributed by atoms with Gasteiger partial charge in [0, 0.05) is 37.1 Å². The fourth-order valence-corrected chi connectivity index (χ4v) is 4.18. The summed E-state index contributed by atoms with van der Waals surface area (Å²) in [5, 5.41) is 3.18. The van der Waals surface area contributed by atoms with Gasteiger partial charge in [-0.3, -0.25) is 9.59 Å². The van der Waals surface area contributed by atoms with Gasteiger partial charge in [-0.25, -0.2) is 0 Å². The van der Waals surface area contributed by atoms with Crippen molar-refractivity contribution in [2.24, 2.45) is 0 Å². The van der Waals surface area contributed by atoms with Crippen LogP contribution in [0.2, 0.25) is 0 Å². The van der Waals surface area contributed by atoms with Crippen molar-refractivity contribution < 1.29 is 14.3 Å². The van der Waals surface area contributed by atoms with Crippen molar-refractivity contribution in [2.45, 2.75) is 58.2 Å². The van der Waals surface area contributed by atoms with Crippen molar-refractivity contribution in [3.63, 3.8) is 0 Å². The van der Waals surface area contributed by atoms with E-state index in [0.29, 0.717) is 24.9 Å². The topological polar surface area (TPSA) is 58.6 Å². The van der Waals surface area contributed by atoms with E-state index < -0.39 is 0 Å². The molecule has 152 valence electrons. The van der Waals surface area contributed by atoms with Crippen LogP contribution in [0.1, 0.15) is 66.2 Å². The number of amides is 2. The van der Waals surface area contributed by atoms with E-state index in [-0.39, 0.29) is 23.5 Å². The molecule has 2 heterocycles. The Morgan fingerprint density at radius 3 is 2.66 bits per heavy atom. The summed E-state index contributed by atoms with van der Waals surface area (Å²) in [5.74, 6) is 0.961. The first kappa shape index (κ1) is 19.5.